The lowest BCUT2D eigenvalue weighted by Gasteiger charge is -2.21. The molecule has 0 spiro atoms. The predicted octanol–water partition coefficient (Wildman–Crippen LogP) is 3.79. The Morgan fingerprint density at radius 3 is 2.12 bits per heavy atom. The first-order chi connectivity index (χ1) is 12.2. The highest BCUT2D eigenvalue weighted by Crippen LogP contribution is 2.34. The largest absolute Gasteiger partial charge is 0.497 e. The number of rotatable bonds is 5. The molecule has 25 heavy (non-hydrogen) atoms. The molecule has 5 nitrogen and oxygen atoms in total. The maximum atomic E-state index is 12.4. The van der Waals surface area contributed by atoms with E-state index in [0.29, 0.717) is 12.8 Å². The SMILES string of the molecule is CCC(=O)N1N=C(c2ccc(OC)cc2)CC1c1ccc(OC)cc1. The molecule has 2 aromatic rings. The van der Waals surface area contributed by atoms with Gasteiger partial charge in [0.2, 0.25) is 5.91 Å². The quantitative estimate of drug-likeness (QED) is 0.833. The van der Waals surface area contributed by atoms with E-state index in [1.165, 1.54) is 0 Å². The van der Waals surface area contributed by atoms with Gasteiger partial charge in [-0.05, 0) is 47.5 Å². The van der Waals surface area contributed by atoms with E-state index in [-0.39, 0.29) is 11.9 Å². The molecule has 1 aliphatic heterocycles. The van der Waals surface area contributed by atoms with E-state index in [4.69, 9.17) is 9.47 Å². The van der Waals surface area contributed by atoms with Crippen LogP contribution < -0.4 is 9.47 Å². The standard InChI is InChI=1S/C20H22N2O3/c1-4-20(23)22-19(15-7-11-17(25-3)12-8-15)13-18(21-22)14-5-9-16(24-2)10-6-14/h5-12,19H,4,13H2,1-3H3. The smallest absolute Gasteiger partial charge is 0.242 e. The first-order valence-corrected chi connectivity index (χ1v) is 8.34. The van der Waals surface area contributed by atoms with Crippen LogP contribution in [0.25, 0.3) is 0 Å². The summed E-state index contributed by atoms with van der Waals surface area (Å²) in [6, 6.07) is 15.5. The van der Waals surface area contributed by atoms with Crippen molar-refractivity contribution < 1.29 is 14.3 Å². The Morgan fingerprint density at radius 2 is 1.60 bits per heavy atom. The summed E-state index contributed by atoms with van der Waals surface area (Å²) < 4.78 is 10.4. The van der Waals surface area contributed by atoms with Crippen molar-refractivity contribution >= 4 is 11.6 Å². The fraction of sp³-hybridized carbons (Fsp3) is 0.300. The minimum absolute atomic E-state index is 0.0179. The van der Waals surface area contributed by atoms with Crippen LogP contribution in [0.15, 0.2) is 53.6 Å². The summed E-state index contributed by atoms with van der Waals surface area (Å²) in [7, 11) is 3.28. The third kappa shape index (κ3) is 3.50. The van der Waals surface area contributed by atoms with Gasteiger partial charge >= 0.3 is 0 Å². The molecule has 0 saturated heterocycles. The predicted molar refractivity (Wildman–Crippen MR) is 97.0 cm³/mol. The lowest BCUT2D eigenvalue weighted by molar-refractivity contribution is -0.132. The number of hydrogen-bond acceptors (Lipinski definition) is 4. The zero-order valence-electron chi connectivity index (χ0n) is 14.7. The van der Waals surface area contributed by atoms with E-state index in [0.717, 1.165) is 28.3 Å². The monoisotopic (exact) mass is 338 g/mol. The average molecular weight is 338 g/mol. The summed E-state index contributed by atoms with van der Waals surface area (Å²) in [5.74, 6) is 1.62. The molecule has 3 rings (SSSR count). The Bertz CT molecular complexity index is 767. The lowest BCUT2D eigenvalue weighted by atomic mass is 9.98. The molecule has 1 amide bonds. The second kappa shape index (κ2) is 7.38. The molecule has 1 atom stereocenters. The van der Waals surface area contributed by atoms with Crippen LogP contribution in [0.4, 0.5) is 0 Å². The van der Waals surface area contributed by atoms with Gasteiger partial charge in [0.05, 0.1) is 26.0 Å². The Morgan fingerprint density at radius 1 is 1.04 bits per heavy atom. The van der Waals surface area contributed by atoms with Crippen molar-refractivity contribution in [1.82, 2.24) is 5.01 Å². The van der Waals surface area contributed by atoms with Crippen molar-refractivity contribution in [2.45, 2.75) is 25.8 Å². The van der Waals surface area contributed by atoms with E-state index in [1.54, 1.807) is 19.2 Å². The molecule has 0 N–H and O–H groups in total. The Balaban J connectivity index is 1.89. The van der Waals surface area contributed by atoms with E-state index in [2.05, 4.69) is 5.10 Å². The molecule has 0 saturated carbocycles. The first-order valence-electron chi connectivity index (χ1n) is 8.34. The topological polar surface area (TPSA) is 51.1 Å². The van der Waals surface area contributed by atoms with Gasteiger partial charge in [-0.25, -0.2) is 5.01 Å². The van der Waals surface area contributed by atoms with Crippen LogP contribution in [-0.4, -0.2) is 30.8 Å². The van der Waals surface area contributed by atoms with Gasteiger partial charge in [-0.15, -0.1) is 0 Å². The Kier molecular flexibility index (Phi) is 5.03. The fourth-order valence-corrected chi connectivity index (χ4v) is 2.95. The van der Waals surface area contributed by atoms with Crippen molar-refractivity contribution in [2.75, 3.05) is 14.2 Å². The number of carbonyl (C=O) groups is 1. The number of hydrazone groups is 1. The van der Waals surface area contributed by atoms with Crippen LogP contribution in [0.5, 0.6) is 11.5 Å². The second-order valence-corrected chi connectivity index (χ2v) is 5.86. The molecular weight excluding hydrogens is 316 g/mol. The molecule has 0 fully saturated rings. The lowest BCUT2D eigenvalue weighted by Crippen LogP contribution is -2.26. The molecule has 0 radical (unpaired) electrons. The van der Waals surface area contributed by atoms with Crippen LogP contribution in [0.2, 0.25) is 0 Å². The highest BCUT2D eigenvalue weighted by molar-refractivity contribution is 6.03. The highest BCUT2D eigenvalue weighted by atomic mass is 16.5. The highest BCUT2D eigenvalue weighted by Gasteiger charge is 2.32. The molecule has 0 aromatic heterocycles. The van der Waals surface area contributed by atoms with Gasteiger partial charge in [0.1, 0.15) is 11.5 Å². The number of methoxy groups -OCH3 is 2. The number of hydrogen-bond donors (Lipinski definition) is 0. The second-order valence-electron chi connectivity index (χ2n) is 5.86. The van der Waals surface area contributed by atoms with Gasteiger partial charge in [0, 0.05) is 12.8 Å². The van der Waals surface area contributed by atoms with Crippen LogP contribution in [0.3, 0.4) is 0 Å². The van der Waals surface area contributed by atoms with Crippen LogP contribution in [-0.2, 0) is 4.79 Å². The maximum Gasteiger partial charge on any atom is 0.242 e. The molecule has 5 heteroatoms. The maximum absolute atomic E-state index is 12.4. The molecule has 0 bridgehead atoms. The normalized spacial score (nSPS) is 16.5. The third-order valence-electron chi connectivity index (χ3n) is 4.39. The summed E-state index contributed by atoms with van der Waals surface area (Å²) in [5, 5.41) is 6.23. The molecule has 130 valence electrons. The van der Waals surface area contributed by atoms with Crippen molar-refractivity contribution in [3.05, 3.63) is 59.7 Å². The molecular formula is C20H22N2O3. The number of benzene rings is 2. The van der Waals surface area contributed by atoms with E-state index >= 15 is 0 Å². The minimum Gasteiger partial charge on any atom is -0.497 e. The zero-order valence-corrected chi connectivity index (χ0v) is 14.7. The van der Waals surface area contributed by atoms with Gasteiger partial charge in [-0.3, -0.25) is 4.79 Å². The van der Waals surface area contributed by atoms with Gasteiger partial charge in [0.15, 0.2) is 0 Å². The number of nitrogens with zero attached hydrogens (tertiary/aromatic N) is 2. The average Bonchev–Trinajstić information content (AvgIpc) is 3.13. The molecule has 2 aromatic carbocycles. The van der Waals surface area contributed by atoms with Crippen molar-refractivity contribution in [1.29, 1.82) is 0 Å². The van der Waals surface area contributed by atoms with Crippen molar-refractivity contribution in [3.8, 4) is 11.5 Å². The molecule has 1 heterocycles. The summed E-state index contributed by atoms with van der Waals surface area (Å²) in [4.78, 5) is 12.4. The minimum atomic E-state index is -0.0875. The third-order valence-corrected chi connectivity index (χ3v) is 4.39. The van der Waals surface area contributed by atoms with Crippen LogP contribution in [0, 0.1) is 0 Å². The summed E-state index contributed by atoms with van der Waals surface area (Å²) >= 11 is 0. The summed E-state index contributed by atoms with van der Waals surface area (Å²) in [6.45, 7) is 1.86. The molecule has 1 unspecified atom stereocenters. The summed E-state index contributed by atoms with van der Waals surface area (Å²) in [5.41, 5.74) is 2.96. The van der Waals surface area contributed by atoms with Crippen molar-refractivity contribution in [3.63, 3.8) is 0 Å². The van der Waals surface area contributed by atoms with E-state index in [1.807, 2.05) is 55.5 Å². The van der Waals surface area contributed by atoms with E-state index < -0.39 is 0 Å². The molecule has 1 aliphatic rings. The number of amides is 1. The van der Waals surface area contributed by atoms with Crippen LogP contribution in [0.1, 0.15) is 36.9 Å². The number of carbonyl (C=O) groups excluding carboxylic acids is 1. The van der Waals surface area contributed by atoms with Gasteiger partial charge in [0.25, 0.3) is 0 Å². The Labute approximate surface area is 147 Å². The van der Waals surface area contributed by atoms with Crippen LogP contribution >= 0.6 is 0 Å². The molecule has 0 aliphatic carbocycles. The van der Waals surface area contributed by atoms with Crippen molar-refractivity contribution in [2.24, 2.45) is 5.10 Å². The summed E-state index contributed by atoms with van der Waals surface area (Å²) in [6.07, 6.45) is 1.11. The Hall–Kier alpha value is -2.82. The van der Waals surface area contributed by atoms with Gasteiger partial charge in [-0.2, -0.15) is 5.10 Å². The van der Waals surface area contributed by atoms with E-state index in [9.17, 15) is 4.79 Å². The first kappa shape index (κ1) is 17.0. The van der Waals surface area contributed by atoms with Gasteiger partial charge < -0.3 is 9.47 Å². The number of ether oxygens (including phenoxy) is 2. The zero-order chi connectivity index (χ0) is 17.8. The fourth-order valence-electron chi connectivity index (χ4n) is 2.95. The van der Waals surface area contributed by atoms with Gasteiger partial charge in [-0.1, -0.05) is 19.1 Å².